The molecule has 0 N–H and O–H groups in total. The van der Waals surface area contributed by atoms with E-state index in [1.807, 2.05) is 36.6 Å². The quantitative estimate of drug-likeness (QED) is 0.731. The van der Waals surface area contributed by atoms with Crippen molar-refractivity contribution in [1.29, 1.82) is 0 Å². The number of methoxy groups -OCH3 is 1. The number of hydrogen-bond donors (Lipinski definition) is 0. The summed E-state index contributed by atoms with van der Waals surface area (Å²) in [5, 5.41) is 4.17. The van der Waals surface area contributed by atoms with Gasteiger partial charge in [0.1, 0.15) is 17.0 Å². The number of nitrogens with zero attached hydrogens (tertiary/aromatic N) is 4. The molecule has 0 bridgehead atoms. The minimum absolute atomic E-state index is 0.180. The zero-order valence-corrected chi connectivity index (χ0v) is 13.8. The van der Waals surface area contributed by atoms with Crippen molar-refractivity contribution in [3.05, 3.63) is 64.8 Å². The van der Waals surface area contributed by atoms with E-state index in [0.717, 1.165) is 23.5 Å². The van der Waals surface area contributed by atoms with Crippen molar-refractivity contribution in [1.82, 2.24) is 14.8 Å². The molecule has 25 heavy (non-hydrogen) atoms. The summed E-state index contributed by atoms with van der Waals surface area (Å²) >= 11 is 0. The number of benzene rings is 1. The first-order chi connectivity index (χ1) is 12.1. The van der Waals surface area contributed by atoms with Crippen LogP contribution in [0.3, 0.4) is 0 Å². The average Bonchev–Trinajstić information content (AvgIpc) is 3.07. The van der Waals surface area contributed by atoms with Gasteiger partial charge in [0.2, 0.25) is 5.89 Å². The van der Waals surface area contributed by atoms with Crippen LogP contribution in [0, 0.1) is 0 Å². The molecule has 126 valence electrons. The molecule has 3 heterocycles. The monoisotopic (exact) mass is 336 g/mol. The van der Waals surface area contributed by atoms with Crippen LogP contribution in [0.4, 0.5) is 5.69 Å². The summed E-state index contributed by atoms with van der Waals surface area (Å²) in [7, 11) is 3.24. The van der Waals surface area contributed by atoms with Gasteiger partial charge in [0.05, 0.1) is 7.11 Å². The Morgan fingerprint density at radius 1 is 1.24 bits per heavy atom. The summed E-state index contributed by atoms with van der Waals surface area (Å²) in [5.41, 5.74) is 2.71. The number of ether oxygens (including phenoxy) is 1. The Morgan fingerprint density at radius 3 is 2.92 bits per heavy atom. The van der Waals surface area contributed by atoms with Crippen molar-refractivity contribution in [3.63, 3.8) is 0 Å². The van der Waals surface area contributed by atoms with E-state index in [4.69, 9.17) is 9.15 Å². The van der Waals surface area contributed by atoms with E-state index in [0.29, 0.717) is 17.2 Å². The molecular weight excluding hydrogens is 320 g/mol. The van der Waals surface area contributed by atoms with Gasteiger partial charge in [-0.25, -0.2) is 9.67 Å². The van der Waals surface area contributed by atoms with Crippen molar-refractivity contribution < 1.29 is 9.15 Å². The third kappa shape index (κ3) is 2.80. The van der Waals surface area contributed by atoms with Gasteiger partial charge in [-0.05, 0) is 30.3 Å². The van der Waals surface area contributed by atoms with Gasteiger partial charge < -0.3 is 14.1 Å². The summed E-state index contributed by atoms with van der Waals surface area (Å²) in [5.74, 6) is 1.18. The predicted octanol–water partition coefficient (Wildman–Crippen LogP) is 2.45. The van der Waals surface area contributed by atoms with Crippen molar-refractivity contribution in [2.75, 3.05) is 18.6 Å². The van der Waals surface area contributed by atoms with Crippen LogP contribution in [0.5, 0.6) is 0 Å². The summed E-state index contributed by atoms with van der Waals surface area (Å²) < 4.78 is 12.3. The molecule has 0 spiro atoms. The molecular formula is C18H16N4O3. The van der Waals surface area contributed by atoms with Crippen LogP contribution in [0.2, 0.25) is 0 Å². The van der Waals surface area contributed by atoms with Gasteiger partial charge in [0.25, 0.3) is 5.56 Å². The zero-order chi connectivity index (χ0) is 17.4. The molecule has 2 aromatic heterocycles. The van der Waals surface area contributed by atoms with Crippen molar-refractivity contribution >= 4 is 16.8 Å². The van der Waals surface area contributed by atoms with E-state index in [2.05, 4.69) is 15.0 Å². The van der Waals surface area contributed by atoms with Crippen LogP contribution >= 0.6 is 0 Å². The number of allylic oxidation sites excluding steroid dienone is 1. The lowest BCUT2D eigenvalue weighted by Gasteiger charge is -2.22. The summed E-state index contributed by atoms with van der Waals surface area (Å²) in [4.78, 5) is 18.0. The Labute approximate surface area is 143 Å². The molecule has 3 aromatic rings. The third-order valence-corrected chi connectivity index (χ3v) is 3.99. The van der Waals surface area contributed by atoms with Crippen LogP contribution in [-0.2, 0) is 11.8 Å². The standard InChI is InChI=1S/C18H16N4O3/c1-21-17(23)8-6-14(20-21)18-19-15-10-12(5-7-16(15)25-18)22-9-3-4-13(11-22)24-2/h3-8,10-11H,9H2,1-2H3. The lowest BCUT2D eigenvalue weighted by Crippen LogP contribution is -2.19. The molecule has 0 aliphatic carbocycles. The van der Waals surface area contributed by atoms with Crippen LogP contribution in [0.15, 0.2) is 63.7 Å². The second-order valence-corrected chi connectivity index (χ2v) is 5.64. The molecule has 0 saturated carbocycles. The van der Waals surface area contributed by atoms with Crippen molar-refractivity contribution in [3.8, 4) is 11.6 Å². The van der Waals surface area contributed by atoms with Gasteiger partial charge in [-0.2, -0.15) is 5.10 Å². The SMILES string of the molecule is COC1=CN(c2ccc3oc(-c4ccc(=O)n(C)n4)nc3c2)CC=C1. The van der Waals surface area contributed by atoms with Crippen molar-refractivity contribution in [2.24, 2.45) is 7.05 Å². The fourth-order valence-corrected chi connectivity index (χ4v) is 2.65. The Balaban J connectivity index is 1.72. The van der Waals surface area contributed by atoms with Gasteiger partial charge in [-0.15, -0.1) is 0 Å². The number of oxazole rings is 1. The third-order valence-electron chi connectivity index (χ3n) is 3.99. The molecule has 7 nitrogen and oxygen atoms in total. The second-order valence-electron chi connectivity index (χ2n) is 5.64. The van der Waals surface area contributed by atoms with Crippen LogP contribution in [-0.4, -0.2) is 28.4 Å². The number of aromatic nitrogens is 3. The van der Waals surface area contributed by atoms with Crippen LogP contribution < -0.4 is 10.5 Å². The number of hydrogen-bond acceptors (Lipinski definition) is 6. The molecule has 0 radical (unpaired) electrons. The fraction of sp³-hybridized carbons (Fsp3) is 0.167. The van der Waals surface area contributed by atoms with E-state index in [-0.39, 0.29) is 5.56 Å². The number of anilines is 1. The molecule has 0 amide bonds. The molecule has 0 unspecified atom stereocenters. The Bertz CT molecular complexity index is 1060. The minimum Gasteiger partial charge on any atom is -0.495 e. The molecule has 4 rings (SSSR count). The maximum atomic E-state index is 11.5. The van der Waals surface area contributed by atoms with Gasteiger partial charge >= 0.3 is 0 Å². The highest BCUT2D eigenvalue weighted by Gasteiger charge is 2.13. The maximum Gasteiger partial charge on any atom is 0.266 e. The van der Waals surface area contributed by atoms with E-state index in [1.165, 1.54) is 10.7 Å². The summed E-state index contributed by atoms with van der Waals surface area (Å²) in [6.45, 7) is 0.755. The normalized spacial score (nSPS) is 14.0. The molecule has 1 aliphatic rings. The van der Waals surface area contributed by atoms with E-state index >= 15 is 0 Å². The van der Waals surface area contributed by atoms with Crippen LogP contribution in [0.25, 0.3) is 22.7 Å². The van der Waals surface area contributed by atoms with Gasteiger partial charge in [-0.1, -0.05) is 6.08 Å². The first-order valence-corrected chi connectivity index (χ1v) is 7.78. The van der Waals surface area contributed by atoms with Gasteiger partial charge in [0.15, 0.2) is 5.58 Å². The minimum atomic E-state index is -0.180. The van der Waals surface area contributed by atoms with Gasteiger partial charge in [0, 0.05) is 31.5 Å². The fourth-order valence-electron chi connectivity index (χ4n) is 2.65. The highest BCUT2D eigenvalue weighted by molar-refractivity contribution is 5.80. The second kappa shape index (κ2) is 5.94. The highest BCUT2D eigenvalue weighted by atomic mass is 16.5. The Hall–Kier alpha value is -3.35. The van der Waals surface area contributed by atoms with E-state index in [1.54, 1.807) is 20.2 Å². The van der Waals surface area contributed by atoms with E-state index < -0.39 is 0 Å². The Morgan fingerprint density at radius 2 is 2.12 bits per heavy atom. The first kappa shape index (κ1) is 15.2. The number of rotatable bonds is 3. The predicted molar refractivity (Wildman–Crippen MR) is 94.1 cm³/mol. The topological polar surface area (TPSA) is 73.4 Å². The zero-order valence-electron chi connectivity index (χ0n) is 13.8. The smallest absolute Gasteiger partial charge is 0.266 e. The number of aryl methyl sites for hydroxylation is 1. The first-order valence-electron chi connectivity index (χ1n) is 7.78. The molecule has 1 aliphatic heterocycles. The molecule has 0 fully saturated rings. The number of fused-ring (bicyclic) bond motifs is 1. The summed E-state index contributed by atoms with van der Waals surface area (Å²) in [6.07, 6.45) is 5.91. The summed E-state index contributed by atoms with van der Waals surface area (Å²) in [6, 6.07) is 8.85. The lowest BCUT2D eigenvalue weighted by atomic mass is 10.2. The van der Waals surface area contributed by atoms with Crippen LogP contribution in [0.1, 0.15) is 0 Å². The molecule has 1 aromatic carbocycles. The maximum absolute atomic E-state index is 11.5. The molecule has 0 atom stereocenters. The van der Waals surface area contributed by atoms with Gasteiger partial charge in [-0.3, -0.25) is 4.79 Å². The lowest BCUT2D eigenvalue weighted by molar-refractivity contribution is 0.304. The highest BCUT2D eigenvalue weighted by Crippen LogP contribution is 2.27. The van der Waals surface area contributed by atoms with E-state index in [9.17, 15) is 4.79 Å². The van der Waals surface area contributed by atoms with Crippen molar-refractivity contribution in [2.45, 2.75) is 0 Å². The Kier molecular flexibility index (Phi) is 3.61. The largest absolute Gasteiger partial charge is 0.495 e. The molecule has 7 heteroatoms. The molecule has 0 saturated heterocycles. The average molecular weight is 336 g/mol.